The monoisotopic (exact) mass is 381 g/mol. The van der Waals surface area contributed by atoms with E-state index in [1.807, 2.05) is 30.3 Å². The summed E-state index contributed by atoms with van der Waals surface area (Å²) < 4.78 is 14.7. The summed E-state index contributed by atoms with van der Waals surface area (Å²) >= 11 is 1.34. The van der Waals surface area contributed by atoms with Crippen LogP contribution in [0.25, 0.3) is 16.2 Å². The van der Waals surface area contributed by atoms with Crippen molar-refractivity contribution < 1.29 is 9.18 Å². The Kier molecular flexibility index (Phi) is 4.55. The third kappa shape index (κ3) is 3.80. The Labute approximate surface area is 158 Å². The Morgan fingerprint density at radius 3 is 2.59 bits per heavy atom. The standard InChI is InChI=1S/C19H16FN5OS/c1-12(17(26)22-15-5-3-2-4-6-15)21-18-24-25-11-16(23-19(25)27-18)13-7-9-14(20)10-8-13/h2-12H,1H3,(H,21,24)(H,22,26). The molecule has 2 N–H and O–H groups in total. The molecule has 2 aromatic carbocycles. The predicted octanol–water partition coefficient (Wildman–Crippen LogP) is 4.04. The van der Waals surface area contributed by atoms with Crippen LogP contribution < -0.4 is 10.6 Å². The third-order valence-electron chi connectivity index (χ3n) is 3.96. The SMILES string of the molecule is CC(Nc1nn2cc(-c3ccc(F)cc3)nc2s1)C(=O)Nc1ccccc1. The highest BCUT2D eigenvalue weighted by molar-refractivity contribution is 7.20. The molecule has 0 saturated carbocycles. The van der Waals surface area contributed by atoms with Crippen molar-refractivity contribution in [1.29, 1.82) is 0 Å². The number of carbonyl (C=O) groups is 1. The first-order valence-electron chi connectivity index (χ1n) is 8.33. The maximum absolute atomic E-state index is 13.0. The average molecular weight is 381 g/mol. The van der Waals surface area contributed by atoms with Crippen LogP contribution in [0.5, 0.6) is 0 Å². The Hall–Kier alpha value is -3.26. The minimum atomic E-state index is -0.461. The molecule has 4 aromatic rings. The molecular weight excluding hydrogens is 365 g/mol. The van der Waals surface area contributed by atoms with Crippen LogP contribution in [0, 0.1) is 5.82 Å². The van der Waals surface area contributed by atoms with Crippen LogP contribution >= 0.6 is 11.3 Å². The maximum Gasteiger partial charge on any atom is 0.246 e. The highest BCUT2D eigenvalue weighted by Gasteiger charge is 2.16. The fourth-order valence-electron chi connectivity index (χ4n) is 2.54. The minimum absolute atomic E-state index is 0.152. The number of anilines is 2. The van der Waals surface area contributed by atoms with Crippen LogP contribution in [0.3, 0.4) is 0 Å². The van der Waals surface area contributed by atoms with Crippen molar-refractivity contribution in [2.75, 3.05) is 10.6 Å². The van der Waals surface area contributed by atoms with Crippen LogP contribution in [0.15, 0.2) is 60.8 Å². The summed E-state index contributed by atoms with van der Waals surface area (Å²) in [5.74, 6) is -0.437. The zero-order valence-electron chi connectivity index (χ0n) is 14.4. The van der Waals surface area contributed by atoms with E-state index in [1.54, 1.807) is 29.8 Å². The van der Waals surface area contributed by atoms with Crippen molar-refractivity contribution in [3.05, 3.63) is 66.6 Å². The highest BCUT2D eigenvalue weighted by Crippen LogP contribution is 2.25. The van der Waals surface area contributed by atoms with Crippen LogP contribution in [-0.4, -0.2) is 26.5 Å². The largest absolute Gasteiger partial charge is 0.349 e. The van der Waals surface area contributed by atoms with Gasteiger partial charge in [0.1, 0.15) is 11.9 Å². The zero-order valence-corrected chi connectivity index (χ0v) is 15.2. The van der Waals surface area contributed by atoms with Gasteiger partial charge >= 0.3 is 0 Å². The molecule has 136 valence electrons. The number of amides is 1. The van der Waals surface area contributed by atoms with Crippen molar-refractivity contribution >= 4 is 33.0 Å². The number of hydrogen-bond donors (Lipinski definition) is 2. The van der Waals surface area contributed by atoms with E-state index in [1.165, 1.54) is 23.5 Å². The molecule has 8 heteroatoms. The number of para-hydroxylation sites is 1. The highest BCUT2D eigenvalue weighted by atomic mass is 32.1. The van der Waals surface area contributed by atoms with Crippen molar-refractivity contribution in [3.8, 4) is 11.3 Å². The summed E-state index contributed by atoms with van der Waals surface area (Å²) in [6, 6.07) is 15.0. The van der Waals surface area contributed by atoms with E-state index >= 15 is 0 Å². The minimum Gasteiger partial charge on any atom is -0.349 e. The molecule has 2 heterocycles. The summed E-state index contributed by atoms with van der Waals surface area (Å²) in [6.45, 7) is 1.77. The van der Waals surface area contributed by atoms with Gasteiger partial charge in [0.15, 0.2) is 0 Å². The summed E-state index contributed by atoms with van der Waals surface area (Å²) in [7, 11) is 0. The number of benzene rings is 2. The van der Waals surface area contributed by atoms with Gasteiger partial charge in [0.25, 0.3) is 0 Å². The number of nitrogens with zero attached hydrogens (tertiary/aromatic N) is 3. The Morgan fingerprint density at radius 2 is 1.89 bits per heavy atom. The quantitative estimate of drug-likeness (QED) is 0.547. The zero-order chi connectivity index (χ0) is 18.8. The summed E-state index contributed by atoms with van der Waals surface area (Å²) in [4.78, 5) is 17.5. The second-order valence-corrected chi connectivity index (χ2v) is 6.94. The number of imidazole rings is 1. The smallest absolute Gasteiger partial charge is 0.246 e. The molecule has 2 aromatic heterocycles. The first kappa shape index (κ1) is 17.2. The number of halogens is 1. The molecule has 4 rings (SSSR count). The third-order valence-corrected chi connectivity index (χ3v) is 4.81. The number of carbonyl (C=O) groups excluding carboxylic acids is 1. The second-order valence-electron chi connectivity index (χ2n) is 5.99. The van der Waals surface area contributed by atoms with Gasteiger partial charge in [-0.3, -0.25) is 4.79 Å². The molecule has 0 aliphatic heterocycles. The van der Waals surface area contributed by atoms with Crippen LogP contribution in [-0.2, 0) is 4.79 Å². The van der Waals surface area contributed by atoms with E-state index in [4.69, 9.17) is 0 Å². The molecule has 0 bridgehead atoms. The fraction of sp³-hybridized carbons (Fsp3) is 0.105. The average Bonchev–Trinajstić information content (AvgIpc) is 3.21. The first-order valence-corrected chi connectivity index (χ1v) is 9.15. The summed E-state index contributed by atoms with van der Waals surface area (Å²) in [5, 5.41) is 10.9. The van der Waals surface area contributed by atoms with E-state index in [-0.39, 0.29) is 11.7 Å². The molecule has 0 spiro atoms. The lowest BCUT2D eigenvalue weighted by Crippen LogP contribution is -2.31. The molecule has 0 fully saturated rings. The van der Waals surface area contributed by atoms with Gasteiger partial charge in [0.2, 0.25) is 16.0 Å². The Morgan fingerprint density at radius 1 is 1.15 bits per heavy atom. The molecule has 1 atom stereocenters. The van der Waals surface area contributed by atoms with Gasteiger partial charge < -0.3 is 10.6 Å². The Bertz CT molecular complexity index is 1040. The fourth-order valence-corrected chi connectivity index (χ4v) is 3.41. The van der Waals surface area contributed by atoms with E-state index < -0.39 is 6.04 Å². The van der Waals surface area contributed by atoms with Crippen molar-refractivity contribution in [2.45, 2.75) is 13.0 Å². The topological polar surface area (TPSA) is 71.3 Å². The second kappa shape index (κ2) is 7.16. The van der Waals surface area contributed by atoms with Crippen LogP contribution in [0.4, 0.5) is 15.2 Å². The number of hydrogen-bond acceptors (Lipinski definition) is 5. The van der Waals surface area contributed by atoms with Crippen molar-refractivity contribution in [2.24, 2.45) is 0 Å². The van der Waals surface area contributed by atoms with Gasteiger partial charge in [-0.25, -0.2) is 13.9 Å². The Balaban J connectivity index is 1.45. The number of aromatic nitrogens is 3. The molecular formula is C19H16FN5OS. The normalized spacial score (nSPS) is 12.1. The number of nitrogens with one attached hydrogen (secondary N) is 2. The maximum atomic E-state index is 13.0. The predicted molar refractivity (Wildman–Crippen MR) is 104 cm³/mol. The lowest BCUT2D eigenvalue weighted by Gasteiger charge is -2.12. The molecule has 1 unspecified atom stereocenters. The van der Waals surface area contributed by atoms with Crippen LogP contribution in [0.1, 0.15) is 6.92 Å². The van der Waals surface area contributed by atoms with E-state index in [2.05, 4.69) is 20.7 Å². The lowest BCUT2D eigenvalue weighted by atomic mass is 10.2. The molecule has 0 aliphatic carbocycles. The van der Waals surface area contributed by atoms with Gasteiger partial charge in [-0.05, 0) is 43.3 Å². The van der Waals surface area contributed by atoms with Crippen LogP contribution in [0.2, 0.25) is 0 Å². The first-order chi connectivity index (χ1) is 13.1. The van der Waals surface area contributed by atoms with Gasteiger partial charge in [-0.2, -0.15) is 0 Å². The van der Waals surface area contributed by atoms with Gasteiger partial charge in [0.05, 0.1) is 11.9 Å². The number of rotatable bonds is 5. The summed E-state index contributed by atoms with van der Waals surface area (Å²) in [5.41, 5.74) is 2.28. The molecule has 0 radical (unpaired) electrons. The van der Waals surface area contributed by atoms with Gasteiger partial charge in [-0.1, -0.05) is 29.5 Å². The molecule has 6 nitrogen and oxygen atoms in total. The van der Waals surface area contributed by atoms with E-state index in [0.29, 0.717) is 10.1 Å². The van der Waals surface area contributed by atoms with E-state index in [0.717, 1.165) is 16.9 Å². The van der Waals surface area contributed by atoms with Gasteiger partial charge in [-0.15, -0.1) is 5.10 Å². The molecule has 1 amide bonds. The number of fused-ring (bicyclic) bond motifs is 1. The van der Waals surface area contributed by atoms with E-state index in [9.17, 15) is 9.18 Å². The lowest BCUT2D eigenvalue weighted by molar-refractivity contribution is -0.116. The van der Waals surface area contributed by atoms with Crippen molar-refractivity contribution in [1.82, 2.24) is 14.6 Å². The molecule has 0 saturated heterocycles. The molecule has 0 aliphatic rings. The van der Waals surface area contributed by atoms with Crippen molar-refractivity contribution in [3.63, 3.8) is 0 Å². The molecule has 27 heavy (non-hydrogen) atoms. The summed E-state index contributed by atoms with van der Waals surface area (Å²) in [6.07, 6.45) is 1.78. The van der Waals surface area contributed by atoms with Gasteiger partial charge in [0, 0.05) is 11.3 Å².